The summed E-state index contributed by atoms with van der Waals surface area (Å²) in [6.45, 7) is 0. The number of hydrogen-bond donors (Lipinski definition) is 0. The van der Waals surface area contributed by atoms with Gasteiger partial charge in [0, 0.05) is 78.3 Å². The summed E-state index contributed by atoms with van der Waals surface area (Å²) in [7, 11) is 0. The summed E-state index contributed by atoms with van der Waals surface area (Å²) >= 11 is 0. The maximum Gasteiger partial charge on any atom is 0.138 e. The lowest BCUT2D eigenvalue weighted by atomic mass is 10.0. The Hall–Kier alpha value is -7.76. The number of fused-ring (bicyclic) bond motifs is 11. The minimum atomic E-state index is 0.818. The first kappa shape index (κ1) is 31.6. The van der Waals surface area contributed by atoms with Gasteiger partial charge >= 0.3 is 0 Å². The molecule has 5 heteroatoms. The van der Waals surface area contributed by atoms with Crippen molar-refractivity contribution in [3.05, 3.63) is 194 Å². The molecule has 0 aliphatic carbocycles. The van der Waals surface area contributed by atoms with Crippen molar-refractivity contribution in [1.29, 1.82) is 0 Å². The number of nitrogens with zero attached hydrogens (tertiary/aromatic N) is 2. The third-order valence-electron chi connectivity index (χ3n) is 11.2. The molecule has 0 atom stereocenters. The molecule has 0 amide bonds. The summed E-state index contributed by atoms with van der Waals surface area (Å²) in [6.07, 6.45) is 0. The van der Waals surface area contributed by atoms with Gasteiger partial charge in [0.15, 0.2) is 0 Å². The number of rotatable bonds is 6. The fourth-order valence-corrected chi connectivity index (χ4v) is 8.67. The van der Waals surface area contributed by atoms with Gasteiger partial charge in [0.2, 0.25) is 0 Å². The van der Waals surface area contributed by atoms with Crippen molar-refractivity contribution in [2.24, 2.45) is 0 Å². The lowest BCUT2D eigenvalue weighted by molar-refractivity contribution is 0.668. The maximum atomic E-state index is 6.93. The predicted octanol–water partition coefficient (Wildman–Crippen LogP) is 15.5. The summed E-state index contributed by atoms with van der Waals surface area (Å²) in [5.74, 6) is 0. The van der Waals surface area contributed by atoms with Gasteiger partial charge < -0.3 is 23.1 Å². The van der Waals surface area contributed by atoms with Crippen LogP contribution in [0.25, 0.3) is 76.6 Å². The molecular formula is C52H32N2O3. The molecule has 5 nitrogen and oxygen atoms in total. The second-order valence-corrected chi connectivity index (χ2v) is 14.5. The molecule has 0 radical (unpaired) electrons. The molecule has 0 aliphatic heterocycles. The lowest BCUT2D eigenvalue weighted by Gasteiger charge is -2.27. The number of para-hydroxylation sites is 4. The van der Waals surface area contributed by atoms with Gasteiger partial charge in [-0.1, -0.05) is 97.1 Å². The molecule has 12 aromatic rings. The van der Waals surface area contributed by atoms with E-state index in [9.17, 15) is 0 Å². The van der Waals surface area contributed by atoms with E-state index in [2.05, 4.69) is 174 Å². The number of hydrogen-bond acceptors (Lipinski definition) is 5. The first-order valence-electron chi connectivity index (χ1n) is 19.2. The molecular weight excluding hydrogens is 701 g/mol. The van der Waals surface area contributed by atoms with Gasteiger partial charge in [0.25, 0.3) is 0 Å². The van der Waals surface area contributed by atoms with Crippen LogP contribution in [0.5, 0.6) is 0 Å². The van der Waals surface area contributed by atoms with Crippen LogP contribution in [0.4, 0.5) is 34.1 Å². The van der Waals surface area contributed by atoms with E-state index < -0.39 is 0 Å². The highest BCUT2D eigenvalue weighted by Crippen LogP contribution is 2.47. The summed E-state index contributed by atoms with van der Waals surface area (Å²) in [6, 6.07) is 67.8. The summed E-state index contributed by atoms with van der Waals surface area (Å²) in [5.41, 5.74) is 11.3. The normalized spacial score (nSPS) is 11.9. The smallest absolute Gasteiger partial charge is 0.138 e. The summed E-state index contributed by atoms with van der Waals surface area (Å²) in [4.78, 5) is 4.61. The second-order valence-electron chi connectivity index (χ2n) is 14.5. The molecule has 0 aliphatic rings. The van der Waals surface area contributed by atoms with Gasteiger partial charge in [0.1, 0.15) is 33.5 Å². The van der Waals surface area contributed by atoms with Crippen molar-refractivity contribution < 1.29 is 13.3 Å². The van der Waals surface area contributed by atoms with Gasteiger partial charge in [-0.25, -0.2) is 0 Å². The molecule has 0 N–H and O–H groups in total. The average molecular weight is 733 g/mol. The maximum absolute atomic E-state index is 6.93. The standard InChI is InChI=1S/C52H32N2O3/c1-3-13-33(14-4-1)53(35-24-27-48-43(29-35)39-18-9-11-21-46(39)55-48)37-23-26-42-50(31-37)57-51-32-45(38-17-7-8-20-41(38)52(42)51)54(34-15-5-2-6-16-34)36-25-28-49-44(30-36)40-19-10-12-22-47(40)56-49/h1-32H. The Morgan fingerprint density at radius 3 is 1.33 bits per heavy atom. The van der Waals surface area contributed by atoms with Crippen molar-refractivity contribution in [1.82, 2.24) is 0 Å². The molecule has 0 bridgehead atoms. The molecule has 12 rings (SSSR count). The van der Waals surface area contributed by atoms with Gasteiger partial charge in [-0.05, 0) is 90.3 Å². The SMILES string of the molecule is c1ccc(N(c2ccc3c(c2)oc2cc(N(c4ccccc4)c4ccc5oc6ccccc6c5c4)c4ccccc4c23)c2ccc3oc4ccccc4c3c2)cc1. The van der Waals surface area contributed by atoms with Crippen LogP contribution in [-0.2, 0) is 0 Å². The molecule has 57 heavy (non-hydrogen) atoms. The van der Waals surface area contributed by atoms with E-state index in [1.165, 1.54) is 0 Å². The van der Waals surface area contributed by atoms with Crippen LogP contribution in [0, 0.1) is 0 Å². The van der Waals surface area contributed by atoms with Crippen LogP contribution in [0.2, 0.25) is 0 Å². The molecule has 0 saturated carbocycles. The molecule has 3 heterocycles. The molecule has 0 saturated heterocycles. The Bertz CT molecular complexity index is 3490. The zero-order chi connectivity index (χ0) is 37.5. The van der Waals surface area contributed by atoms with Crippen molar-refractivity contribution in [3.63, 3.8) is 0 Å². The van der Waals surface area contributed by atoms with E-state index in [1.807, 2.05) is 30.3 Å². The first-order chi connectivity index (χ1) is 28.2. The van der Waals surface area contributed by atoms with Crippen molar-refractivity contribution >= 4 is 111 Å². The van der Waals surface area contributed by atoms with E-state index in [4.69, 9.17) is 13.3 Å². The van der Waals surface area contributed by atoms with Gasteiger partial charge in [-0.2, -0.15) is 0 Å². The molecule has 0 unspecified atom stereocenters. The number of furan rings is 3. The van der Waals surface area contributed by atoms with Crippen LogP contribution >= 0.6 is 0 Å². The van der Waals surface area contributed by atoms with Crippen molar-refractivity contribution in [2.45, 2.75) is 0 Å². The van der Waals surface area contributed by atoms with E-state index in [-0.39, 0.29) is 0 Å². The van der Waals surface area contributed by atoms with E-state index in [0.29, 0.717) is 0 Å². The third-order valence-corrected chi connectivity index (χ3v) is 11.2. The number of benzene rings is 9. The molecule has 0 fully saturated rings. The summed E-state index contributed by atoms with van der Waals surface area (Å²) < 4.78 is 19.4. The molecule has 9 aromatic carbocycles. The average Bonchev–Trinajstić information content (AvgIpc) is 3.95. The molecule has 0 spiro atoms. The van der Waals surface area contributed by atoms with Crippen LogP contribution < -0.4 is 9.80 Å². The highest BCUT2D eigenvalue weighted by Gasteiger charge is 2.23. The monoisotopic (exact) mass is 732 g/mol. The van der Waals surface area contributed by atoms with Crippen molar-refractivity contribution in [3.8, 4) is 0 Å². The van der Waals surface area contributed by atoms with Crippen LogP contribution in [0.15, 0.2) is 207 Å². The van der Waals surface area contributed by atoms with Gasteiger partial charge in [0.05, 0.1) is 5.69 Å². The summed E-state index contributed by atoms with van der Waals surface area (Å²) in [5, 5.41) is 8.77. The van der Waals surface area contributed by atoms with E-state index in [0.717, 1.165) is 111 Å². The zero-order valence-corrected chi connectivity index (χ0v) is 30.6. The van der Waals surface area contributed by atoms with Crippen LogP contribution in [0.1, 0.15) is 0 Å². The minimum Gasteiger partial charge on any atom is -0.456 e. The van der Waals surface area contributed by atoms with E-state index in [1.54, 1.807) is 0 Å². The third kappa shape index (κ3) is 4.96. The Kier molecular flexibility index (Phi) is 6.86. The van der Waals surface area contributed by atoms with E-state index >= 15 is 0 Å². The van der Waals surface area contributed by atoms with Crippen LogP contribution in [-0.4, -0.2) is 0 Å². The van der Waals surface area contributed by atoms with Crippen molar-refractivity contribution in [2.75, 3.05) is 9.80 Å². The van der Waals surface area contributed by atoms with Gasteiger partial charge in [-0.15, -0.1) is 0 Å². The fraction of sp³-hybridized carbons (Fsp3) is 0. The second kappa shape index (κ2) is 12.4. The van der Waals surface area contributed by atoms with Gasteiger partial charge in [-0.3, -0.25) is 0 Å². The largest absolute Gasteiger partial charge is 0.456 e. The molecule has 268 valence electrons. The Morgan fingerprint density at radius 1 is 0.246 bits per heavy atom. The highest BCUT2D eigenvalue weighted by atomic mass is 16.3. The predicted molar refractivity (Wildman–Crippen MR) is 235 cm³/mol. The van der Waals surface area contributed by atoms with Crippen LogP contribution in [0.3, 0.4) is 0 Å². The fourth-order valence-electron chi connectivity index (χ4n) is 8.67. The first-order valence-corrected chi connectivity index (χ1v) is 19.2. The number of anilines is 6. The topological polar surface area (TPSA) is 45.9 Å². The Labute approximate surface area is 326 Å². The Balaban J connectivity index is 1.06. The quantitative estimate of drug-likeness (QED) is 0.170. The minimum absolute atomic E-state index is 0.818. The molecule has 3 aromatic heterocycles. The lowest BCUT2D eigenvalue weighted by Crippen LogP contribution is -2.10. The zero-order valence-electron chi connectivity index (χ0n) is 30.6. The highest BCUT2D eigenvalue weighted by molar-refractivity contribution is 6.23. The Morgan fingerprint density at radius 2 is 0.702 bits per heavy atom.